The highest BCUT2D eigenvalue weighted by atomic mass is 31.1. The summed E-state index contributed by atoms with van der Waals surface area (Å²) in [5, 5.41) is 2.62. The Morgan fingerprint density at radius 1 is 0.578 bits per heavy atom. The normalized spacial score (nSPS) is 16.3. The van der Waals surface area contributed by atoms with Crippen molar-refractivity contribution in [2.45, 2.75) is 70.4 Å². The molecule has 0 unspecified atom stereocenters. The summed E-state index contributed by atoms with van der Waals surface area (Å²) < 4.78 is 17.2. The molecule has 9 rings (SSSR count). The Hall–Kier alpha value is -4.04. The molecule has 0 N–H and O–H groups in total. The van der Waals surface area contributed by atoms with E-state index in [0.717, 1.165) is 36.8 Å². The molecule has 0 bridgehead atoms. The van der Waals surface area contributed by atoms with Gasteiger partial charge in [0.15, 0.2) is 0 Å². The first-order valence-corrected chi connectivity index (χ1v) is 17.9. The minimum atomic E-state index is -1.55. The fourth-order valence-corrected chi connectivity index (χ4v) is 10.1. The van der Waals surface area contributed by atoms with Gasteiger partial charge in [-0.05, 0) is 120 Å². The Morgan fingerprint density at radius 3 is 1.62 bits per heavy atom. The summed E-state index contributed by atoms with van der Waals surface area (Å²) in [5.74, 6) is 0. The van der Waals surface area contributed by atoms with Crippen molar-refractivity contribution >= 4 is 30.1 Å². The highest BCUT2D eigenvalue weighted by Gasteiger charge is 2.39. The molecule has 5 aromatic carbocycles. The van der Waals surface area contributed by atoms with E-state index in [1.165, 1.54) is 86.5 Å². The van der Waals surface area contributed by atoms with Gasteiger partial charge in [0.05, 0.1) is 6.04 Å². The topological polar surface area (TPSA) is 29.5 Å². The Kier molecular flexibility index (Phi) is 6.72. The second-order valence-corrected chi connectivity index (χ2v) is 14.3. The smallest absolute Gasteiger partial charge is 0.311 e. The molecule has 6 aromatic rings. The molecule has 3 nitrogen and oxygen atoms in total. The molecule has 1 atom stereocenters. The van der Waals surface area contributed by atoms with Gasteiger partial charge in [0.25, 0.3) is 0 Å². The van der Waals surface area contributed by atoms with Gasteiger partial charge in [-0.2, -0.15) is 4.67 Å². The summed E-state index contributed by atoms with van der Waals surface area (Å²) in [5.41, 5.74) is 14.4. The first-order chi connectivity index (χ1) is 22.3. The Bertz CT molecular complexity index is 1990. The lowest BCUT2D eigenvalue weighted by Crippen LogP contribution is -2.28. The molecule has 0 spiro atoms. The summed E-state index contributed by atoms with van der Waals surface area (Å²) in [4.78, 5) is 0. The van der Waals surface area contributed by atoms with E-state index in [-0.39, 0.29) is 12.1 Å². The summed E-state index contributed by atoms with van der Waals surface area (Å²) in [7, 11) is -1.55. The van der Waals surface area contributed by atoms with E-state index >= 15 is 0 Å². The number of benzene rings is 5. The molecular weight excluding hydrogens is 569 g/mol. The van der Waals surface area contributed by atoms with Crippen LogP contribution in [-0.2, 0) is 25.7 Å². The lowest BCUT2D eigenvalue weighted by Gasteiger charge is -2.32. The van der Waals surface area contributed by atoms with Crippen LogP contribution in [0.3, 0.4) is 0 Å². The average Bonchev–Trinajstić information content (AvgIpc) is 3.31. The van der Waals surface area contributed by atoms with E-state index in [1.54, 1.807) is 0 Å². The molecule has 0 saturated carbocycles. The molecule has 0 amide bonds. The predicted molar refractivity (Wildman–Crippen MR) is 186 cm³/mol. The van der Waals surface area contributed by atoms with Gasteiger partial charge < -0.3 is 8.39 Å². The van der Waals surface area contributed by atoms with Crippen molar-refractivity contribution in [3.05, 3.63) is 142 Å². The maximum Gasteiger partial charge on any atom is 0.311 e. The second kappa shape index (κ2) is 11.1. The minimum Gasteiger partial charge on any atom is -0.408 e. The lowest BCUT2D eigenvalue weighted by atomic mass is 9.84. The lowest BCUT2D eigenvalue weighted by molar-refractivity contribution is 0.573. The molecular formula is C41H38NO2P. The van der Waals surface area contributed by atoms with Crippen molar-refractivity contribution < 1.29 is 8.39 Å². The molecule has 0 aliphatic heterocycles. The van der Waals surface area contributed by atoms with Gasteiger partial charge in [-0.25, -0.2) is 0 Å². The summed E-state index contributed by atoms with van der Waals surface area (Å²) in [6, 6.07) is 37.9. The number of hydrogen-bond acceptors (Lipinski definition) is 3. The van der Waals surface area contributed by atoms with Crippen LogP contribution in [0.4, 0.5) is 0 Å². The summed E-state index contributed by atoms with van der Waals surface area (Å²) in [6.45, 7) is 2.32. The van der Waals surface area contributed by atoms with E-state index in [0.29, 0.717) is 0 Å². The molecule has 4 heteroatoms. The first kappa shape index (κ1) is 27.3. The fraction of sp³-hybridized carbons (Fsp3) is 0.268. The Balaban J connectivity index is 1.38. The third-order valence-corrected chi connectivity index (χ3v) is 12.2. The monoisotopic (exact) mass is 607 g/mol. The fourth-order valence-electron chi connectivity index (χ4n) is 8.35. The standard InChI is InChI=1S/C41H38NO2P/c1-27(28-13-3-2-4-14-28)42(41-35-21-11-9-19-33(35)34-20-10-12-22-36(34)41)45-43-37-25-23-29-15-5-7-17-31(29)39(37)40-32-18-8-6-16-30(32)24-26-38(40)44-45/h2-4,9-14,19-27,41H,5-8,15-18H2,1H3/t27-/m1/s1. The van der Waals surface area contributed by atoms with Crippen molar-refractivity contribution in [2.75, 3.05) is 4.67 Å². The van der Waals surface area contributed by atoms with Gasteiger partial charge in [0, 0.05) is 16.8 Å². The van der Waals surface area contributed by atoms with Crippen molar-refractivity contribution in [1.29, 1.82) is 0 Å². The number of aryl methyl sites for hydroxylation is 4. The van der Waals surface area contributed by atoms with Gasteiger partial charge in [0.1, 0.15) is 11.2 Å². The SMILES string of the molecule is C[C@H](c1ccccc1)N(C1c2ccccc2-c2ccccc21)p1oc2ccc3c(c2c2c4c(ccc2o1)CCCC4)CCCC3. The molecule has 0 fully saturated rings. The van der Waals surface area contributed by atoms with Crippen LogP contribution in [0.15, 0.2) is 112 Å². The van der Waals surface area contributed by atoms with Crippen molar-refractivity contribution in [3.63, 3.8) is 0 Å². The molecule has 1 aromatic heterocycles. The zero-order chi connectivity index (χ0) is 29.9. The summed E-state index contributed by atoms with van der Waals surface area (Å²) >= 11 is 0. The zero-order valence-corrected chi connectivity index (χ0v) is 26.7. The van der Waals surface area contributed by atoms with Crippen molar-refractivity contribution in [3.8, 4) is 11.1 Å². The number of nitrogens with zero attached hydrogens (tertiary/aromatic N) is 1. The molecule has 45 heavy (non-hydrogen) atoms. The Labute approximate surface area is 266 Å². The number of hydrogen-bond donors (Lipinski definition) is 0. The quantitative estimate of drug-likeness (QED) is 0.200. The minimum absolute atomic E-state index is 0.000952. The van der Waals surface area contributed by atoms with Crippen LogP contribution in [0, 0.1) is 0 Å². The maximum absolute atomic E-state index is 7.31. The molecule has 0 saturated heterocycles. The molecule has 0 radical (unpaired) electrons. The van der Waals surface area contributed by atoms with E-state index in [2.05, 4.69) is 115 Å². The molecule has 224 valence electrons. The third kappa shape index (κ3) is 4.43. The van der Waals surface area contributed by atoms with Crippen molar-refractivity contribution in [1.82, 2.24) is 0 Å². The van der Waals surface area contributed by atoms with Crippen molar-refractivity contribution in [2.24, 2.45) is 0 Å². The van der Waals surface area contributed by atoms with Gasteiger partial charge in [0.2, 0.25) is 0 Å². The largest absolute Gasteiger partial charge is 0.408 e. The van der Waals surface area contributed by atoms with Crippen LogP contribution in [-0.4, -0.2) is 0 Å². The van der Waals surface area contributed by atoms with E-state index in [9.17, 15) is 0 Å². The third-order valence-electron chi connectivity index (χ3n) is 10.5. The average molecular weight is 608 g/mol. The van der Waals surface area contributed by atoms with E-state index in [4.69, 9.17) is 8.39 Å². The predicted octanol–water partition coefficient (Wildman–Crippen LogP) is 11.5. The van der Waals surface area contributed by atoms with Crippen LogP contribution in [0.25, 0.3) is 33.1 Å². The highest BCUT2D eigenvalue weighted by molar-refractivity contribution is 7.39. The molecule has 3 aliphatic carbocycles. The first-order valence-electron chi connectivity index (χ1n) is 16.7. The van der Waals surface area contributed by atoms with Crippen LogP contribution >= 0.6 is 8.16 Å². The Morgan fingerprint density at radius 2 is 1.07 bits per heavy atom. The molecule has 3 aliphatic rings. The second-order valence-electron chi connectivity index (χ2n) is 13.0. The van der Waals surface area contributed by atoms with Gasteiger partial charge in [-0.15, -0.1) is 0 Å². The van der Waals surface area contributed by atoms with E-state index in [1.807, 2.05) is 0 Å². The van der Waals surface area contributed by atoms with E-state index < -0.39 is 8.16 Å². The van der Waals surface area contributed by atoms with Gasteiger partial charge in [-0.3, -0.25) is 0 Å². The van der Waals surface area contributed by atoms with Crippen LogP contribution in [0.2, 0.25) is 0 Å². The maximum atomic E-state index is 7.31. The zero-order valence-electron chi connectivity index (χ0n) is 25.8. The highest BCUT2D eigenvalue weighted by Crippen LogP contribution is 2.54. The number of rotatable bonds is 4. The van der Waals surface area contributed by atoms with Crippen LogP contribution in [0.5, 0.6) is 0 Å². The molecule has 1 heterocycles. The number of fused-ring (bicyclic) bond motifs is 10. The van der Waals surface area contributed by atoms with Crippen LogP contribution in [0.1, 0.15) is 83.6 Å². The summed E-state index contributed by atoms with van der Waals surface area (Å²) in [6.07, 6.45) is 9.50. The van der Waals surface area contributed by atoms with Gasteiger partial charge in [-0.1, -0.05) is 91.0 Å². The van der Waals surface area contributed by atoms with Crippen LogP contribution < -0.4 is 4.67 Å². The van der Waals surface area contributed by atoms with Gasteiger partial charge >= 0.3 is 8.16 Å².